The third kappa shape index (κ3) is 8.39. The van der Waals surface area contributed by atoms with Gasteiger partial charge in [0.05, 0.1) is 62.3 Å². The number of nitrogens with zero attached hydrogens (tertiary/aromatic N) is 3. The highest BCUT2D eigenvalue weighted by Crippen LogP contribution is 2.28. The van der Waals surface area contributed by atoms with Gasteiger partial charge in [0, 0.05) is 67.6 Å². The quantitative estimate of drug-likeness (QED) is 0.124. The number of fused-ring (bicyclic) bond motifs is 3. The zero-order valence-corrected chi connectivity index (χ0v) is 34.3. The Morgan fingerprint density at radius 2 is 0.583 bits per heavy atom. The van der Waals surface area contributed by atoms with Crippen LogP contribution in [0.1, 0.15) is 16.7 Å². The van der Waals surface area contributed by atoms with Crippen LogP contribution in [0.4, 0.5) is 0 Å². The summed E-state index contributed by atoms with van der Waals surface area (Å²) in [5, 5.41) is 1.14. The standard InChI is InChI=1S/C48H45N3O9/c1-55-40-22-13-34(43(25-40)58-4)28-49-37-16-7-32(8-17-37)47(53)51(30-36-15-24-42(57-3)27-45(36)60-6)39-20-11-33(12-21-39)48(54)50(38-18-9-31(10-19-38)46(49)52)29-35-14-23-41(56-2)26-44(35)59-5/h7-27H,28-30H2,1-6H3. The fourth-order valence-electron chi connectivity index (χ4n) is 7.12. The topological polar surface area (TPSA) is 121 Å². The summed E-state index contributed by atoms with van der Waals surface area (Å²) in [7, 11) is 9.41. The molecular weight excluding hydrogens is 763 g/mol. The van der Waals surface area contributed by atoms with E-state index < -0.39 is 0 Å². The van der Waals surface area contributed by atoms with Crippen molar-refractivity contribution in [1.29, 1.82) is 0 Å². The minimum Gasteiger partial charge on any atom is -0.497 e. The van der Waals surface area contributed by atoms with Gasteiger partial charge in [-0.15, -0.1) is 0 Å². The average molecular weight is 808 g/mol. The zero-order valence-electron chi connectivity index (χ0n) is 34.3. The van der Waals surface area contributed by atoms with Crippen molar-refractivity contribution >= 4 is 32.7 Å². The van der Waals surface area contributed by atoms with E-state index in [-0.39, 0.29) is 36.3 Å². The maximum Gasteiger partial charge on any atom is 0.258 e. The van der Waals surface area contributed by atoms with Gasteiger partial charge in [-0.1, -0.05) is 0 Å². The molecule has 0 unspecified atom stereocenters. The number of hydrogen-bond donors (Lipinski definition) is 0. The average Bonchev–Trinajstić information content (AvgIpc) is 3.31. The Morgan fingerprint density at radius 3 is 0.800 bits per heavy atom. The van der Waals surface area contributed by atoms with Crippen LogP contribution in [0.15, 0.2) is 142 Å². The van der Waals surface area contributed by atoms with Crippen LogP contribution in [0, 0.1) is 0 Å². The molecule has 0 aliphatic carbocycles. The second-order valence-corrected chi connectivity index (χ2v) is 13.8. The van der Waals surface area contributed by atoms with Crippen LogP contribution in [-0.2, 0) is 19.6 Å². The molecule has 60 heavy (non-hydrogen) atoms. The van der Waals surface area contributed by atoms with Gasteiger partial charge in [-0.3, -0.25) is 14.4 Å². The molecule has 0 spiro atoms. The normalized spacial score (nSPS) is 10.9. The molecule has 0 saturated heterocycles. The van der Waals surface area contributed by atoms with E-state index in [4.69, 9.17) is 28.4 Å². The van der Waals surface area contributed by atoms with Crippen molar-refractivity contribution in [1.82, 2.24) is 13.7 Å². The Hall–Kier alpha value is -7.47. The van der Waals surface area contributed by atoms with Crippen LogP contribution in [0.2, 0.25) is 0 Å². The van der Waals surface area contributed by atoms with Crippen molar-refractivity contribution in [3.8, 4) is 34.5 Å². The minimum absolute atomic E-state index is 0.137. The van der Waals surface area contributed by atoms with Crippen molar-refractivity contribution in [3.63, 3.8) is 0 Å². The summed E-state index contributed by atoms with van der Waals surface area (Å²) in [4.78, 5) is 43.8. The molecule has 12 heteroatoms. The van der Waals surface area contributed by atoms with E-state index in [2.05, 4.69) is 0 Å². The van der Waals surface area contributed by atoms with Crippen molar-refractivity contribution < 1.29 is 28.4 Å². The molecule has 6 aromatic carbocycles. The van der Waals surface area contributed by atoms with Gasteiger partial charge in [0.25, 0.3) is 16.7 Å². The molecule has 0 amide bonds. The van der Waals surface area contributed by atoms with Crippen LogP contribution in [0.5, 0.6) is 34.5 Å². The van der Waals surface area contributed by atoms with Crippen LogP contribution >= 0.6 is 0 Å². The van der Waals surface area contributed by atoms with Crippen molar-refractivity contribution in [2.24, 2.45) is 0 Å². The Balaban J connectivity index is 1.55. The van der Waals surface area contributed by atoms with Crippen molar-refractivity contribution in [2.45, 2.75) is 19.6 Å². The molecule has 12 nitrogen and oxygen atoms in total. The SMILES string of the molecule is COc1ccc(Cn2c(=O)c3ccc(cc3)n(Cc3ccc(OC)cc3OC)c(=O)c3ccc(cc3)n(Cc3ccc(OC)cc3OC)c(=O)c3ccc2cc3)c(OC)c1. The van der Waals surface area contributed by atoms with Gasteiger partial charge in [-0.2, -0.15) is 0 Å². The van der Waals surface area contributed by atoms with Gasteiger partial charge in [0.1, 0.15) is 34.5 Å². The van der Waals surface area contributed by atoms with E-state index in [0.29, 0.717) is 67.2 Å². The van der Waals surface area contributed by atoms with Gasteiger partial charge in [-0.05, 0) is 109 Å². The highest BCUT2D eigenvalue weighted by atomic mass is 16.5. The number of ether oxygens (including phenoxy) is 6. The predicted octanol–water partition coefficient (Wildman–Crippen LogP) is 7.51. The number of aromatic nitrogens is 3. The molecule has 306 valence electrons. The monoisotopic (exact) mass is 807 g/mol. The molecule has 10 aromatic rings. The maximum absolute atomic E-state index is 14.6. The first-order valence-corrected chi connectivity index (χ1v) is 19.1. The molecule has 0 aliphatic rings. The molecule has 10 rings (SSSR count). The summed E-state index contributed by atoms with van der Waals surface area (Å²) in [5.74, 6) is 3.46. The summed E-state index contributed by atoms with van der Waals surface area (Å²) < 4.78 is 38.3. The van der Waals surface area contributed by atoms with E-state index in [1.807, 2.05) is 36.4 Å². The summed E-state index contributed by atoms with van der Waals surface area (Å²) in [6.07, 6.45) is 0. The van der Waals surface area contributed by atoms with Crippen LogP contribution in [0.3, 0.4) is 0 Å². The summed E-state index contributed by atoms with van der Waals surface area (Å²) in [6, 6.07) is 37.1. The molecule has 6 bridgehead atoms. The van der Waals surface area contributed by atoms with Crippen LogP contribution < -0.4 is 45.1 Å². The highest BCUT2D eigenvalue weighted by molar-refractivity contribution is 5.66. The smallest absolute Gasteiger partial charge is 0.258 e. The lowest BCUT2D eigenvalue weighted by molar-refractivity contribution is 0.390. The third-order valence-electron chi connectivity index (χ3n) is 10.5. The molecule has 0 N–H and O–H groups in total. The lowest BCUT2D eigenvalue weighted by Gasteiger charge is -2.14. The first kappa shape index (κ1) is 40.7. The molecule has 0 radical (unpaired) electrons. The van der Waals surface area contributed by atoms with Gasteiger partial charge in [-0.25, -0.2) is 0 Å². The van der Waals surface area contributed by atoms with Crippen molar-refractivity contribution in [2.75, 3.05) is 42.7 Å². The fourth-order valence-corrected chi connectivity index (χ4v) is 7.12. The second-order valence-electron chi connectivity index (χ2n) is 13.8. The lowest BCUT2D eigenvalue weighted by Crippen LogP contribution is -2.22. The molecule has 4 heterocycles. The molecule has 0 fully saturated rings. The first-order chi connectivity index (χ1) is 29.2. The van der Waals surface area contributed by atoms with Gasteiger partial charge in [0.15, 0.2) is 0 Å². The maximum atomic E-state index is 14.6. The zero-order chi connectivity index (χ0) is 42.3. The number of benzene rings is 6. The predicted molar refractivity (Wildman–Crippen MR) is 234 cm³/mol. The van der Waals surface area contributed by atoms with E-state index >= 15 is 0 Å². The lowest BCUT2D eigenvalue weighted by atomic mass is 10.1. The highest BCUT2D eigenvalue weighted by Gasteiger charge is 2.13. The van der Waals surface area contributed by atoms with E-state index in [1.165, 1.54) is 0 Å². The number of rotatable bonds is 12. The van der Waals surface area contributed by atoms with E-state index in [9.17, 15) is 14.4 Å². The molecule has 0 atom stereocenters. The number of methoxy groups -OCH3 is 6. The van der Waals surface area contributed by atoms with Crippen LogP contribution in [-0.4, -0.2) is 56.4 Å². The molecular formula is C48H45N3O9. The Kier molecular flexibility index (Phi) is 12.2. The minimum atomic E-state index is -0.308. The van der Waals surface area contributed by atoms with Gasteiger partial charge >= 0.3 is 0 Å². The largest absolute Gasteiger partial charge is 0.497 e. The summed E-state index contributed by atoms with van der Waals surface area (Å²) >= 11 is 0. The fraction of sp³-hybridized carbons (Fsp3) is 0.188. The van der Waals surface area contributed by atoms with Crippen LogP contribution in [0.25, 0.3) is 32.7 Å². The molecule has 4 aromatic heterocycles. The Morgan fingerprint density at radius 1 is 0.333 bits per heavy atom. The first-order valence-electron chi connectivity index (χ1n) is 19.1. The van der Waals surface area contributed by atoms with E-state index in [1.54, 1.807) is 147 Å². The van der Waals surface area contributed by atoms with Crippen molar-refractivity contribution in [3.05, 3.63) is 175 Å². The van der Waals surface area contributed by atoms with Gasteiger partial charge in [0.2, 0.25) is 0 Å². The summed E-state index contributed by atoms with van der Waals surface area (Å²) in [6.45, 7) is 0.411. The van der Waals surface area contributed by atoms with E-state index in [0.717, 1.165) is 16.7 Å². The Bertz CT molecular complexity index is 2640. The molecule has 0 saturated carbocycles. The second kappa shape index (κ2) is 18.0. The molecule has 0 aliphatic heterocycles. The number of hydrogen-bond acceptors (Lipinski definition) is 9. The summed E-state index contributed by atoms with van der Waals surface area (Å²) in [5.41, 5.74) is 2.93. The Labute approximate surface area is 345 Å². The van der Waals surface area contributed by atoms with Gasteiger partial charge < -0.3 is 42.1 Å². The third-order valence-corrected chi connectivity index (χ3v) is 10.5.